The summed E-state index contributed by atoms with van der Waals surface area (Å²) in [4.78, 5) is 9.17. The Hall–Kier alpha value is -1.98. The van der Waals surface area contributed by atoms with E-state index in [1.165, 1.54) is 5.56 Å². The maximum atomic E-state index is 5.94. The molecule has 4 rings (SSSR count). The maximum absolute atomic E-state index is 5.94. The fourth-order valence-corrected chi connectivity index (χ4v) is 3.45. The molecule has 0 fully saturated rings. The van der Waals surface area contributed by atoms with Gasteiger partial charge in [-0.3, -0.25) is 0 Å². The lowest BCUT2D eigenvalue weighted by molar-refractivity contribution is 0.289. The topological polar surface area (TPSA) is 46.0 Å². The highest BCUT2D eigenvalue weighted by Crippen LogP contribution is 2.34. The zero-order valence-corrected chi connectivity index (χ0v) is 13.9. The second kappa shape index (κ2) is 5.91. The number of benzene rings is 2. The van der Waals surface area contributed by atoms with Crippen LogP contribution in [-0.4, -0.2) is 22.7 Å². The van der Waals surface area contributed by atoms with Crippen molar-refractivity contribution in [3.05, 3.63) is 64.7 Å². The van der Waals surface area contributed by atoms with Crippen LogP contribution in [0.3, 0.4) is 0 Å². The summed E-state index contributed by atoms with van der Waals surface area (Å²) in [5, 5.41) is 4.79. The number of hydrogen-bond donors (Lipinski definition) is 1. The van der Waals surface area contributed by atoms with Crippen LogP contribution in [0, 0.1) is 6.92 Å². The van der Waals surface area contributed by atoms with Crippen LogP contribution in [0.4, 0.5) is 5.69 Å². The molecule has 2 atom stereocenters. The van der Waals surface area contributed by atoms with Crippen molar-refractivity contribution in [1.29, 1.82) is 0 Å². The lowest BCUT2D eigenvalue weighted by Crippen LogP contribution is -2.13. The van der Waals surface area contributed by atoms with E-state index >= 15 is 0 Å². The number of ether oxygens (including phenoxy) is 1. The predicted molar refractivity (Wildman–Crippen MR) is 96.5 cm³/mol. The summed E-state index contributed by atoms with van der Waals surface area (Å²) in [6.07, 6.45) is -0.189. The summed E-state index contributed by atoms with van der Waals surface area (Å²) in [6, 6.07) is 15.7. The first kappa shape index (κ1) is 14.6. The molecule has 1 N–H and O–H groups in total. The number of hydrogen-bond acceptors (Lipinski definition) is 5. The van der Waals surface area contributed by atoms with Gasteiger partial charge in [0, 0.05) is 16.3 Å². The van der Waals surface area contributed by atoms with Gasteiger partial charge in [0.1, 0.15) is 0 Å². The second-order valence-corrected chi connectivity index (χ2v) is 6.91. The SMILES string of the molecule is Cc1ccc(C2=NC3N=C(Nc4ccc(Cl)cc4)SC3O2)cc1. The van der Waals surface area contributed by atoms with Crippen molar-refractivity contribution in [2.45, 2.75) is 18.5 Å². The van der Waals surface area contributed by atoms with E-state index in [-0.39, 0.29) is 11.6 Å². The minimum absolute atomic E-state index is 0.0962. The number of aryl methyl sites for hydroxylation is 1. The molecule has 0 saturated heterocycles. The monoisotopic (exact) mass is 343 g/mol. The van der Waals surface area contributed by atoms with E-state index in [9.17, 15) is 0 Å². The van der Waals surface area contributed by atoms with Crippen LogP contribution < -0.4 is 5.32 Å². The molecule has 2 aliphatic heterocycles. The third kappa shape index (κ3) is 3.07. The number of rotatable bonds is 2. The summed E-state index contributed by atoms with van der Waals surface area (Å²) in [7, 11) is 0. The standard InChI is InChI=1S/C17H14ClN3OS/c1-10-2-4-11(5-3-10)15-20-14-16(22-15)23-17(21-14)19-13-8-6-12(18)7-9-13/h2-9,14,16H,1H3,(H,19,21). The van der Waals surface area contributed by atoms with Gasteiger partial charge >= 0.3 is 0 Å². The van der Waals surface area contributed by atoms with E-state index in [0.29, 0.717) is 10.9 Å². The molecule has 2 heterocycles. The molecule has 0 bridgehead atoms. The van der Waals surface area contributed by atoms with E-state index in [4.69, 9.17) is 16.3 Å². The first-order chi connectivity index (χ1) is 11.2. The van der Waals surface area contributed by atoms with Crippen molar-refractivity contribution in [3.63, 3.8) is 0 Å². The molecular weight excluding hydrogens is 330 g/mol. The average molecular weight is 344 g/mol. The molecule has 2 aromatic rings. The molecule has 0 amide bonds. The minimum atomic E-state index is -0.189. The van der Waals surface area contributed by atoms with Crippen molar-refractivity contribution < 1.29 is 4.74 Å². The number of nitrogens with zero attached hydrogens (tertiary/aromatic N) is 2. The van der Waals surface area contributed by atoms with Crippen molar-refractivity contribution >= 4 is 40.1 Å². The van der Waals surface area contributed by atoms with Crippen LogP contribution in [0.1, 0.15) is 11.1 Å². The Morgan fingerprint density at radius 3 is 2.48 bits per heavy atom. The van der Waals surface area contributed by atoms with Crippen LogP contribution >= 0.6 is 23.4 Å². The molecular formula is C17H14ClN3OS. The van der Waals surface area contributed by atoms with Gasteiger partial charge in [-0.05, 0) is 55.1 Å². The Morgan fingerprint density at radius 1 is 1.04 bits per heavy atom. The molecule has 0 spiro atoms. The Balaban J connectivity index is 1.48. The Bertz CT molecular complexity index is 786. The number of anilines is 1. The highest BCUT2D eigenvalue weighted by molar-refractivity contribution is 8.14. The van der Waals surface area contributed by atoms with E-state index in [1.807, 2.05) is 36.4 Å². The van der Waals surface area contributed by atoms with Crippen LogP contribution in [-0.2, 0) is 4.74 Å². The number of halogens is 1. The van der Waals surface area contributed by atoms with Gasteiger partial charge in [0.25, 0.3) is 0 Å². The highest BCUT2D eigenvalue weighted by atomic mass is 35.5. The number of aliphatic imine (C=N–C) groups is 2. The zero-order chi connectivity index (χ0) is 15.8. The Labute approximate surface area is 143 Å². The summed E-state index contributed by atoms with van der Waals surface area (Å²) >= 11 is 7.44. The molecule has 0 saturated carbocycles. The van der Waals surface area contributed by atoms with Crippen LogP contribution in [0.2, 0.25) is 5.02 Å². The summed E-state index contributed by atoms with van der Waals surface area (Å²) in [6.45, 7) is 2.06. The van der Waals surface area contributed by atoms with E-state index in [0.717, 1.165) is 16.4 Å². The van der Waals surface area contributed by atoms with Gasteiger partial charge in [-0.2, -0.15) is 0 Å². The van der Waals surface area contributed by atoms with E-state index in [1.54, 1.807) is 11.8 Å². The zero-order valence-electron chi connectivity index (χ0n) is 12.4. The third-order valence-electron chi connectivity index (χ3n) is 3.59. The van der Waals surface area contributed by atoms with Gasteiger partial charge in [0.05, 0.1) is 0 Å². The van der Waals surface area contributed by atoms with Gasteiger partial charge in [-0.1, -0.05) is 29.3 Å². The van der Waals surface area contributed by atoms with Crippen LogP contribution in [0.5, 0.6) is 0 Å². The molecule has 4 nitrogen and oxygen atoms in total. The summed E-state index contributed by atoms with van der Waals surface area (Å²) in [5.41, 5.74) is 3.06. The first-order valence-corrected chi connectivity index (χ1v) is 8.52. The highest BCUT2D eigenvalue weighted by Gasteiger charge is 2.38. The van der Waals surface area contributed by atoms with Crippen LogP contribution in [0.15, 0.2) is 58.5 Å². The average Bonchev–Trinajstić information content (AvgIpc) is 3.09. The normalized spacial score (nSPS) is 22.2. The maximum Gasteiger partial charge on any atom is 0.219 e. The van der Waals surface area contributed by atoms with Gasteiger partial charge in [0.2, 0.25) is 5.90 Å². The Morgan fingerprint density at radius 2 is 1.78 bits per heavy atom. The lowest BCUT2D eigenvalue weighted by atomic mass is 10.1. The molecule has 116 valence electrons. The van der Waals surface area contributed by atoms with Crippen LogP contribution in [0.25, 0.3) is 0 Å². The molecule has 2 aliphatic rings. The first-order valence-electron chi connectivity index (χ1n) is 7.26. The minimum Gasteiger partial charge on any atom is -0.458 e. The smallest absolute Gasteiger partial charge is 0.219 e. The third-order valence-corrected chi connectivity index (χ3v) is 4.85. The fraction of sp³-hybridized carbons (Fsp3) is 0.176. The molecule has 0 aliphatic carbocycles. The van der Waals surface area contributed by atoms with E-state index < -0.39 is 0 Å². The molecule has 0 radical (unpaired) electrons. The van der Waals surface area contributed by atoms with Crippen molar-refractivity contribution in [3.8, 4) is 0 Å². The quantitative estimate of drug-likeness (QED) is 0.884. The van der Waals surface area contributed by atoms with Crippen molar-refractivity contribution in [2.24, 2.45) is 9.98 Å². The van der Waals surface area contributed by atoms with E-state index in [2.05, 4.69) is 34.4 Å². The molecule has 6 heteroatoms. The lowest BCUT2D eigenvalue weighted by Gasteiger charge is -2.09. The van der Waals surface area contributed by atoms with Gasteiger partial charge in [0.15, 0.2) is 16.8 Å². The Kier molecular flexibility index (Phi) is 3.75. The molecule has 2 aromatic carbocycles. The largest absolute Gasteiger partial charge is 0.458 e. The number of amidine groups is 1. The van der Waals surface area contributed by atoms with Gasteiger partial charge in [-0.15, -0.1) is 0 Å². The molecule has 0 aromatic heterocycles. The predicted octanol–water partition coefficient (Wildman–Crippen LogP) is 4.29. The molecule has 2 unspecified atom stereocenters. The number of fused-ring (bicyclic) bond motifs is 1. The van der Waals surface area contributed by atoms with Gasteiger partial charge in [-0.25, -0.2) is 9.98 Å². The number of thioether (sulfide) groups is 1. The molecule has 23 heavy (non-hydrogen) atoms. The second-order valence-electron chi connectivity index (χ2n) is 5.38. The van der Waals surface area contributed by atoms with Crippen molar-refractivity contribution in [2.75, 3.05) is 5.32 Å². The summed E-state index contributed by atoms with van der Waals surface area (Å²) < 4.78 is 5.94. The summed E-state index contributed by atoms with van der Waals surface area (Å²) in [5.74, 6) is 0.668. The van der Waals surface area contributed by atoms with Crippen molar-refractivity contribution in [1.82, 2.24) is 0 Å². The number of nitrogens with one attached hydrogen (secondary N) is 1. The fourth-order valence-electron chi connectivity index (χ4n) is 2.37. The van der Waals surface area contributed by atoms with Gasteiger partial charge < -0.3 is 10.1 Å².